The second-order valence-corrected chi connectivity index (χ2v) is 26.6. The molecule has 4 amide bonds. The van der Waals surface area contributed by atoms with Crippen LogP contribution in [-0.4, -0.2) is 146 Å². The van der Waals surface area contributed by atoms with Crippen LogP contribution in [0.4, 0.5) is 21.0 Å². The molecule has 6 aromatic rings. The van der Waals surface area contributed by atoms with Crippen LogP contribution in [0.2, 0.25) is 0 Å². The summed E-state index contributed by atoms with van der Waals surface area (Å²) in [5.74, 6) is -6.28. The smallest absolute Gasteiger partial charge is 0.413 e. The van der Waals surface area contributed by atoms with Crippen molar-refractivity contribution >= 4 is 80.8 Å². The molecule has 516 valence electrons. The van der Waals surface area contributed by atoms with E-state index in [0.29, 0.717) is 65.1 Å². The van der Waals surface area contributed by atoms with Gasteiger partial charge in [-0.1, -0.05) is 137 Å². The summed E-state index contributed by atoms with van der Waals surface area (Å²) < 4.78 is 34.1. The van der Waals surface area contributed by atoms with Crippen molar-refractivity contribution in [2.75, 3.05) is 49.2 Å². The summed E-state index contributed by atoms with van der Waals surface area (Å²) >= 11 is 0. The molecule has 10 rings (SSSR count). The van der Waals surface area contributed by atoms with E-state index in [2.05, 4.69) is 25.8 Å². The van der Waals surface area contributed by atoms with E-state index in [4.69, 9.17) is 28.4 Å². The average Bonchev–Trinajstić information content (AvgIpc) is 1.68. The Labute approximate surface area is 568 Å². The van der Waals surface area contributed by atoms with Crippen molar-refractivity contribution in [3.05, 3.63) is 156 Å². The molecule has 3 N–H and O–H groups in total. The first-order valence-corrected chi connectivity index (χ1v) is 34.3. The average molecular weight is 1330 g/mol. The monoisotopic (exact) mass is 1330 g/mol. The van der Waals surface area contributed by atoms with Crippen molar-refractivity contribution in [2.24, 2.45) is 23.7 Å². The molecule has 4 aliphatic heterocycles. The Morgan fingerprint density at radius 3 is 1.22 bits per heavy atom. The summed E-state index contributed by atoms with van der Waals surface area (Å²) in [5, 5.41) is 13.2. The molecule has 4 saturated heterocycles. The van der Waals surface area contributed by atoms with Gasteiger partial charge in [-0.15, -0.1) is 0 Å². The number of hydrogen-bond donors (Lipinski definition) is 3. The van der Waals surface area contributed by atoms with Crippen molar-refractivity contribution in [1.82, 2.24) is 25.8 Å². The number of hydrogen-bond acceptors (Lipinski definition) is 17. The van der Waals surface area contributed by atoms with Crippen LogP contribution in [0, 0.1) is 23.7 Å². The van der Waals surface area contributed by atoms with E-state index in [-0.39, 0.29) is 36.9 Å². The lowest BCUT2D eigenvalue weighted by molar-refractivity contribution is -0.173. The molecule has 4 fully saturated rings. The first-order chi connectivity index (χ1) is 46.6. The summed E-state index contributed by atoms with van der Waals surface area (Å²) in [5.41, 5.74) is 5.33. The number of rotatable bonds is 26. The minimum absolute atomic E-state index is 0.160. The highest BCUT2D eigenvalue weighted by atomic mass is 16.7. The first-order valence-electron chi connectivity index (χ1n) is 34.3. The molecule has 6 aromatic carbocycles. The van der Waals surface area contributed by atoms with Gasteiger partial charge in [-0.05, 0) is 133 Å². The van der Waals surface area contributed by atoms with E-state index >= 15 is 0 Å². The summed E-state index contributed by atoms with van der Waals surface area (Å²) in [6.45, 7) is 20.2. The molecule has 21 nitrogen and oxygen atoms in total. The third kappa shape index (κ3) is 16.6. The van der Waals surface area contributed by atoms with Gasteiger partial charge >= 0.3 is 36.1 Å². The fourth-order valence-corrected chi connectivity index (χ4v) is 14.6. The maximum atomic E-state index is 14.7. The Morgan fingerprint density at radius 1 is 0.474 bits per heavy atom. The molecular weight excluding hydrogens is 1230 g/mol. The van der Waals surface area contributed by atoms with Crippen LogP contribution < -0.4 is 25.8 Å². The van der Waals surface area contributed by atoms with Crippen LogP contribution in [-0.2, 0) is 70.0 Å². The Hall–Kier alpha value is -9.24. The number of anilines is 2. The van der Waals surface area contributed by atoms with Crippen molar-refractivity contribution in [3.63, 3.8) is 0 Å². The minimum Gasteiger partial charge on any atom is -0.466 e. The lowest BCUT2D eigenvalue weighted by Crippen LogP contribution is -2.55. The topological polar surface area (TPSA) is 241 Å². The zero-order valence-corrected chi connectivity index (χ0v) is 57.3. The van der Waals surface area contributed by atoms with Gasteiger partial charge in [0.05, 0.1) is 62.1 Å². The van der Waals surface area contributed by atoms with E-state index < -0.39 is 108 Å². The number of nitrogens with one attached hydrogen (secondary N) is 3. The van der Waals surface area contributed by atoms with Crippen LogP contribution in [0.5, 0.6) is 0 Å². The van der Waals surface area contributed by atoms with Gasteiger partial charge in [0, 0.05) is 63.5 Å². The molecule has 12 atom stereocenters. The molecule has 21 heteroatoms. The molecule has 0 radical (unpaired) electrons. The van der Waals surface area contributed by atoms with Crippen LogP contribution in [0.1, 0.15) is 129 Å². The fraction of sp³-hybridized carbons (Fsp3) is 0.474. The van der Waals surface area contributed by atoms with Crippen LogP contribution in [0.25, 0.3) is 21.5 Å². The highest BCUT2D eigenvalue weighted by Gasteiger charge is 2.55. The van der Waals surface area contributed by atoms with E-state index in [1.165, 1.54) is 13.8 Å². The van der Waals surface area contributed by atoms with Gasteiger partial charge < -0.3 is 54.2 Å². The third-order valence-corrected chi connectivity index (χ3v) is 19.4. The number of amides is 4. The molecule has 97 heavy (non-hydrogen) atoms. The number of carbonyl (C=O) groups is 8. The number of carbonyl (C=O) groups excluding carboxylic acids is 8. The first kappa shape index (κ1) is 70.6. The Morgan fingerprint density at radius 2 is 0.845 bits per heavy atom. The van der Waals surface area contributed by atoms with Gasteiger partial charge in [0.1, 0.15) is 12.1 Å². The minimum atomic E-state index is -1.38. The summed E-state index contributed by atoms with van der Waals surface area (Å²) in [7, 11) is 0. The predicted octanol–water partition coefficient (Wildman–Crippen LogP) is 10.9. The lowest BCUT2D eigenvalue weighted by atomic mass is 9.77. The Kier molecular flexibility index (Phi) is 23.1. The number of fused-ring (bicyclic) bond motifs is 4. The zero-order chi connectivity index (χ0) is 69.2. The second kappa shape index (κ2) is 31.8. The lowest BCUT2D eigenvalue weighted by Gasteiger charge is -2.35. The van der Waals surface area contributed by atoms with Crippen molar-refractivity contribution in [2.45, 2.75) is 169 Å². The molecule has 0 aliphatic carbocycles. The van der Waals surface area contributed by atoms with Gasteiger partial charge in [0.25, 0.3) is 0 Å². The number of nitrogens with zero attached hydrogens (tertiary/aromatic N) is 4. The molecule has 2 bridgehead atoms. The zero-order valence-electron chi connectivity index (χ0n) is 57.3. The third-order valence-electron chi connectivity index (χ3n) is 19.4. The number of esters is 4. The van der Waals surface area contributed by atoms with Crippen LogP contribution in [0.3, 0.4) is 0 Å². The molecular formula is C76H93N7O14. The van der Waals surface area contributed by atoms with Gasteiger partial charge in [0.15, 0.2) is 0 Å². The SMILES string of the molecule is CCOC(=O)Cc1ccc(N2CC[C@H](N(C(=O)OC(C)OC(=O)[C@@H](NC(=O)C3[C@H]4CC[C@H](N4)[C@H]3C(=O)N[C@@H](C(=O)OC(C)OC(=O)N([C@H]3CCN(c4ccc(CC(=O)OCC)cc4)C3)[C@H](C)c3cccc4ccccc34)C(C)C)C(C)C)[C@H](C)c3cccc4ccccc34)C2)cc1. The summed E-state index contributed by atoms with van der Waals surface area (Å²) in [6.07, 6.45) is -1.45. The van der Waals surface area contributed by atoms with E-state index in [0.717, 1.165) is 55.2 Å². The molecule has 4 heterocycles. The van der Waals surface area contributed by atoms with Crippen LogP contribution >= 0.6 is 0 Å². The molecule has 0 spiro atoms. The molecule has 3 unspecified atom stereocenters. The van der Waals surface area contributed by atoms with E-state index in [1.807, 2.05) is 147 Å². The highest BCUT2D eigenvalue weighted by molar-refractivity contribution is 5.94. The molecule has 4 aliphatic rings. The van der Waals surface area contributed by atoms with E-state index in [1.54, 1.807) is 51.3 Å². The van der Waals surface area contributed by atoms with Crippen molar-refractivity contribution < 1.29 is 66.8 Å². The second-order valence-electron chi connectivity index (χ2n) is 26.6. The van der Waals surface area contributed by atoms with Gasteiger partial charge in [-0.2, -0.15) is 0 Å². The van der Waals surface area contributed by atoms with Gasteiger partial charge in [0.2, 0.25) is 24.4 Å². The molecule has 0 aromatic heterocycles. The standard InChI is InChI=1S/C76H93N7O14/c1-11-92-65(84)41-51-27-31-55(32-28-51)80-39-37-57(43-80)82(47(7)59-25-17-21-53-19-13-15-23-61(53)59)75(90)96-49(9)94-73(88)69(45(3)4)78-71(86)67-63-35-36-64(77-63)68(67)72(87)79-70(46(5)6)74(89)95-50(10)97-76(91)83(48(8)60-26-18-22-54-20-14-16-24-62(54)60)58-38-40-81(44-58)56-33-29-52(30-34-56)42-66(85)93-12-2/h13-34,45-50,57-58,63-64,67-70,77H,11-12,35-44H2,1-10H3,(H,78,86)(H,79,87)/t47-,48-,49?,50?,57+,58+,63-,64+,67?,68-,69+,70-/m1/s1. The maximum Gasteiger partial charge on any atom is 0.413 e. The van der Waals surface area contributed by atoms with Crippen LogP contribution in [0.15, 0.2) is 133 Å². The number of ether oxygens (including phenoxy) is 6. The normalized spacial score (nSPS) is 20.7. The quantitative estimate of drug-likeness (QED) is 0.0260. The maximum absolute atomic E-state index is 14.7. The van der Waals surface area contributed by atoms with E-state index in [9.17, 15) is 38.4 Å². The van der Waals surface area contributed by atoms with Gasteiger partial charge in [-0.25, -0.2) is 19.2 Å². The van der Waals surface area contributed by atoms with Gasteiger partial charge in [-0.3, -0.25) is 29.0 Å². The van der Waals surface area contributed by atoms with Crippen molar-refractivity contribution in [3.8, 4) is 0 Å². The number of benzene rings is 6. The predicted molar refractivity (Wildman–Crippen MR) is 368 cm³/mol. The Balaban J connectivity index is 0.778. The molecule has 0 saturated carbocycles. The fourth-order valence-electron chi connectivity index (χ4n) is 14.6. The summed E-state index contributed by atoms with van der Waals surface area (Å²) in [6, 6.07) is 38.4. The summed E-state index contributed by atoms with van der Waals surface area (Å²) in [4.78, 5) is 120. The largest absolute Gasteiger partial charge is 0.466 e. The Bertz CT molecular complexity index is 3540. The highest BCUT2D eigenvalue weighted by Crippen LogP contribution is 2.41. The van der Waals surface area contributed by atoms with Crippen molar-refractivity contribution in [1.29, 1.82) is 0 Å².